The minimum atomic E-state index is -0.403. The largest absolute Gasteiger partial charge is 0.507 e. The molecule has 1 amide bonds. The number of hydrogen-bond donors (Lipinski definition) is 2. The third-order valence-corrected chi connectivity index (χ3v) is 3.97. The summed E-state index contributed by atoms with van der Waals surface area (Å²) < 4.78 is 11.1. The minimum absolute atomic E-state index is 0.0853. The van der Waals surface area contributed by atoms with E-state index in [-0.39, 0.29) is 5.75 Å². The van der Waals surface area contributed by atoms with Crippen LogP contribution in [0.5, 0.6) is 17.2 Å². The van der Waals surface area contributed by atoms with Gasteiger partial charge >= 0.3 is 0 Å². The molecule has 142 valence electrons. The number of para-hydroxylation sites is 1. The highest BCUT2D eigenvalue weighted by atomic mass is 16.5. The summed E-state index contributed by atoms with van der Waals surface area (Å²) in [4.78, 5) is 12.3. The lowest BCUT2D eigenvalue weighted by Gasteiger charge is -2.12. The van der Waals surface area contributed by atoms with Crippen LogP contribution in [-0.2, 0) is 6.61 Å². The van der Waals surface area contributed by atoms with Gasteiger partial charge in [0.25, 0.3) is 5.91 Å². The van der Waals surface area contributed by atoms with Crippen molar-refractivity contribution in [2.75, 3.05) is 7.11 Å². The Kier molecular flexibility index (Phi) is 6.25. The molecule has 0 aliphatic carbocycles. The van der Waals surface area contributed by atoms with Gasteiger partial charge in [-0.1, -0.05) is 42.5 Å². The van der Waals surface area contributed by atoms with Crippen LogP contribution in [0, 0.1) is 0 Å². The Labute approximate surface area is 163 Å². The smallest absolute Gasteiger partial charge is 0.271 e. The van der Waals surface area contributed by atoms with Gasteiger partial charge in [-0.25, -0.2) is 5.43 Å². The second-order valence-electron chi connectivity index (χ2n) is 5.90. The van der Waals surface area contributed by atoms with Gasteiger partial charge in [0.15, 0.2) is 11.5 Å². The first-order valence-electron chi connectivity index (χ1n) is 8.63. The maximum Gasteiger partial charge on any atom is 0.271 e. The lowest BCUT2D eigenvalue weighted by molar-refractivity contribution is 0.0954. The highest BCUT2D eigenvalue weighted by molar-refractivity contribution is 5.95. The maximum atomic E-state index is 12.3. The van der Waals surface area contributed by atoms with E-state index in [4.69, 9.17) is 9.47 Å². The van der Waals surface area contributed by atoms with E-state index in [0.29, 0.717) is 29.2 Å². The maximum absolute atomic E-state index is 12.3. The number of amides is 1. The average molecular weight is 376 g/mol. The second kappa shape index (κ2) is 9.23. The summed E-state index contributed by atoms with van der Waals surface area (Å²) in [6, 6.07) is 21.4. The molecule has 0 fully saturated rings. The van der Waals surface area contributed by atoms with Gasteiger partial charge < -0.3 is 14.6 Å². The molecule has 0 radical (unpaired) electrons. The molecule has 3 aromatic rings. The number of benzene rings is 3. The number of ether oxygens (including phenoxy) is 2. The van der Waals surface area contributed by atoms with Crippen molar-refractivity contribution in [3.8, 4) is 17.2 Å². The monoisotopic (exact) mass is 376 g/mol. The van der Waals surface area contributed by atoms with E-state index in [1.807, 2.05) is 30.3 Å². The van der Waals surface area contributed by atoms with Gasteiger partial charge in [0, 0.05) is 11.1 Å². The quantitative estimate of drug-likeness (QED) is 0.486. The number of carbonyl (C=O) groups excluding carboxylic acids is 1. The van der Waals surface area contributed by atoms with E-state index in [0.717, 1.165) is 5.56 Å². The zero-order chi connectivity index (χ0) is 19.8. The number of rotatable bonds is 7. The Morgan fingerprint density at radius 2 is 1.79 bits per heavy atom. The van der Waals surface area contributed by atoms with Crippen LogP contribution in [0.4, 0.5) is 0 Å². The molecule has 0 saturated carbocycles. The van der Waals surface area contributed by atoms with E-state index >= 15 is 0 Å². The lowest BCUT2D eigenvalue weighted by Crippen LogP contribution is -2.17. The molecular formula is C22H20N2O4. The molecule has 0 atom stereocenters. The van der Waals surface area contributed by atoms with E-state index in [1.54, 1.807) is 42.5 Å². The van der Waals surface area contributed by atoms with Crippen LogP contribution in [0.3, 0.4) is 0 Å². The topological polar surface area (TPSA) is 80.2 Å². The fourth-order valence-electron chi connectivity index (χ4n) is 2.49. The summed E-state index contributed by atoms with van der Waals surface area (Å²) in [5, 5.41) is 13.6. The van der Waals surface area contributed by atoms with Crippen LogP contribution < -0.4 is 14.9 Å². The van der Waals surface area contributed by atoms with Crippen LogP contribution in [0.1, 0.15) is 21.5 Å². The number of hydrogen-bond acceptors (Lipinski definition) is 5. The van der Waals surface area contributed by atoms with Gasteiger partial charge in [0.2, 0.25) is 0 Å². The average Bonchev–Trinajstić information content (AvgIpc) is 2.74. The molecule has 0 bridgehead atoms. The zero-order valence-corrected chi connectivity index (χ0v) is 15.3. The van der Waals surface area contributed by atoms with E-state index in [2.05, 4.69) is 10.5 Å². The summed E-state index contributed by atoms with van der Waals surface area (Å²) in [6.07, 6.45) is 1.38. The molecule has 6 nitrogen and oxygen atoms in total. The predicted molar refractivity (Wildman–Crippen MR) is 107 cm³/mol. The van der Waals surface area contributed by atoms with E-state index in [1.165, 1.54) is 13.3 Å². The summed E-state index contributed by atoms with van der Waals surface area (Å²) in [6.45, 7) is 0.396. The number of aromatic hydroxyl groups is 1. The van der Waals surface area contributed by atoms with Crippen LogP contribution >= 0.6 is 0 Å². The van der Waals surface area contributed by atoms with Crippen molar-refractivity contribution < 1.29 is 19.4 Å². The summed E-state index contributed by atoms with van der Waals surface area (Å²) in [5.74, 6) is 0.676. The van der Waals surface area contributed by atoms with Crippen molar-refractivity contribution in [1.29, 1.82) is 0 Å². The van der Waals surface area contributed by atoms with Crippen LogP contribution in [0.25, 0.3) is 0 Å². The van der Waals surface area contributed by atoms with E-state index < -0.39 is 5.91 Å². The van der Waals surface area contributed by atoms with Crippen molar-refractivity contribution in [3.05, 3.63) is 89.5 Å². The first-order chi connectivity index (χ1) is 13.7. The molecule has 0 heterocycles. The molecular weight excluding hydrogens is 356 g/mol. The van der Waals surface area contributed by atoms with Gasteiger partial charge in [-0.2, -0.15) is 5.10 Å². The van der Waals surface area contributed by atoms with Crippen molar-refractivity contribution in [3.63, 3.8) is 0 Å². The molecule has 28 heavy (non-hydrogen) atoms. The van der Waals surface area contributed by atoms with Crippen molar-refractivity contribution in [2.45, 2.75) is 6.61 Å². The van der Waals surface area contributed by atoms with Crippen molar-refractivity contribution in [2.24, 2.45) is 5.10 Å². The molecule has 0 aliphatic heterocycles. The molecule has 3 rings (SSSR count). The van der Waals surface area contributed by atoms with Gasteiger partial charge in [-0.05, 0) is 35.9 Å². The highest BCUT2D eigenvalue weighted by Crippen LogP contribution is 2.28. The minimum Gasteiger partial charge on any atom is -0.507 e. The summed E-state index contributed by atoms with van der Waals surface area (Å²) in [7, 11) is 1.52. The Balaban J connectivity index is 1.65. The van der Waals surface area contributed by atoms with Crippen LogP contribution in [-0.4, -0.2) is 24.3 Å². The van der Waals surface area contributed by atoms with E-state index in [9.17, 15) is 9.90 Å². The van der Waals surface area contributed by atoms with Crippen molar-refractivity contribution >= 4 is 12.1 Å². The number of hydrazone groups is 1. The lowest BCUT2D eigenvalue weighted by atomic mass is 10.2. The van der Waals surface area contributed by atoms with Gasteiger partial charge in [-0.15, -0.1) is 0 Å². The fraction of sp³-hybridized carbons (Fsp3) is 0.0909. The number of nitrogens with zero attached hydrogens (tertiary/aromatic N) is 1. The fourth-order valence-corrected chi connectivity index (χ4v) is 2.49. The molecule has 3 aromatic carbocycles. The molecule has 0 spiro atoms. The van der Waals surface area contributed by atoms with Crippen LogP contribution in [0.2, 0.25) is 0 Å². The Morgan fingerprint density at radius 3 is 2.54 bits per heavy atom. The van der Waals surface area contributed by atoms with Gasteiger partial charge in [-0.3, -0.25) is 4.79 Å². The number of methoxy groups -OCH3 is 1. The molecule has 6 heteroatoms. The molecule has 0 saturated heterocycles. The van der Waals surface area contributed by atoms with Crippen LogP contribution in [0.15, 0.2) is 77.9 Å². The standard InChI is InChI=1S/C22H20N2O4/c1-27-21-13-17(11-12-20(21)28-15-16-7-3-2-4-8-16)22(26)24-23-14-18-9-5-6-10-19(18)25/h2-14,25H,15H2,1H3,(H,24,26)/b23-14+. The third kappa shape index (κ3) is 4.88. The summed E-state index contributed by atoms with van der Waals surface area (Å²) >= 11 is 0. The normalized spacial score (nSPS) is 10.6. The number of nitrogens with one attached hydrogen (secondary N) is 1. The SMILES string of the molecule is COc1cc(C(=O)N/N=C/c2ccccc2O)ccc1OCc1ccccc1. The first-order valence-corrected chi connectivity index (χ1v) is 8.63. The molecule has 2 N–H and O–H groups in total. The molecule has 0 aliphatic rings. The predicted octanol–water partition coefficient (Wildman–Crippen LogP) is 3.74. The Bertz CT molecular complexity index is 971. The van der Waals surface area contributed by atoms with Gasteiger partial charge in [0.1, 0.15) is 12.4 Å². The first kappa shape index (κ1) is 19.0. The number of phenolic OH excluding ortho intramolecular Hbond substituents is 1. The third-order valence-electron chi connectivity index (χ3n) is 3.97. The van der Waals surface area contributed by atoms with Crippen molar-refractivity contribution in [1.82, 2.24) is 5.43 Å². The Hall–Kier alpha value is -3.80. The zero-order valence-electron chi connectivity index (χ0n) is 15.3. The highest BCUT2D eigenvalue weighted by Gasteiger charge is 2.11. The number of carbonyl (C=O) groups is 1. The molecule has 0 unspecified atom stereocenters. The second-order valence-corrected chi connectivity index (χ2v) is 5.90. The summed E-state index contributed by atoms with van der Waals surface area (Å²) in [5.41, 5.74) is 4.34. The Morgan fingerprint density at radius 1 is 1.04 bits per heavy atom. The molecule has 0 aromatic heterocycles. The van der Waals surface area contributed by atoms with Gasteiger partial charge in [0.05, 0.1) is 13.3 Å². The number of phenols is 1.